The van der Waals surface area contributed by atoms with Crippen LogP contribution >= 0.6 is 0 Å². The second-order valence-electron chi connectivity index (χ2n) is 5.49. The monoisotopic (exact) mass is 231 g/mol. The summed E-state index contributed by atoms with van der Waals surface area (Å²) in [5.41, 5.74) is 3.04. The highest BCUT2D eigenvalue weighted by molar-refractivity contribution is 5.40. The largest absolute Gasteiger partial charge is 0.396 e. The maximum Gasteiger partial charge on any atom is 0.0474 e. The van der Waals surface area contributed by atoms with E-state index in [1.165, 1.54) is 36.8 Å². The quantitative estimate of drug-likeness (QED) is 0.831. The first-order chi connectivity index (χ1) is 8.38. The first kappa shape index (κ1) is 11.2. The maximum absolute atomic E-state index is 9.29. The van der Waals surface area contributed by atoms with Gasteiger partial charge in [0.15, 0.2) is 0 Å². The van der Waals surface area contributed by atoms with Crippen LogP contribution in [0.5, 0.6) is 0 Å². The molecule has 2 N–H and O–H groups in total. The molecule has 3 atom stereocenters. The summed E-state index contributed by atoms with van der Waals surface area (Å²) < 4.78 is 0. The van der Waals surface area contributed by atoms with Crippen molar-refractivity contribution in [2.75, 3.05) is 13.2 Å². The molecule has 1 fully saturated rings. The number of aliphatic hydroxyl groups excluding tert-OH is 1. The van der Waals surface area contributed by atoms with Gasteiger partial charge in [0.05, 0.1) is 0 Å². The predicted molar refractivity (Wildman–Crippen MR) is 69.1 cm³/mol. The number of fused-ring (bicyclic) bond motifs is 1. The number of nitrogens with one attached hydrogen (secondary N) is 1. The molecule has 1 aromatic carbocycles. The van der Waals surface area contributed by atoms with E-state index >= 15 is 0 Å². The average Bonchev–Trinajstić information content (AvgIpc) is 2.78. The molecule has 92 valence electrons. The molecule has 2 aliphatic rings. The summed E-state index contributed by atoms with van der Waals surface area (Å²) in [6.45, 7) is 1.43. The summed E-state index contributed by atoms with van der Waals surface area (Å²) in [6.07, 6.45) is 4.92. The van der Waals surface area contributed by atoms with Crippen molar-refractivity contribution in [2.45, 2.75) is 37.6 Å². The molecule has 3 unspecified atom stereocenters. The van der Waals surface area contributed by atoms with Crippen LogP contribution in [0.3, 0.4) is 0 Å². The smallest absolute Gasteiger partial charge is 0.0474 e. The summed E-state index contributed by atoms with van der Waals surface area (Å²) in [4.78, 5) is 0. The van der Waals surface area contributed by atoms with Crippen LogP contribution in [0.1, 0.15) is 36.3 Å². The Morgan fingerprint density at radius 3 is 2.94 bits per heavy atom. The van der Waals surface area contributed by atoms with E-state index in [0.717, 1.165) is 6.54 Å². The number of hydrogen-bond acceptors (Lipinski definition) is 2. The van der Waals surface area contributed by atoms with E-state index in [4.69, 9.17) is 0 Å². The normalized spacial score (nSPS) is 31.0. The minimum absolute atomic E-state index is 0.346. The summed E-state index contributed by atoms with van der Waals surface area (Å²) >= 11 is 0. The van der Waals surface area contributed by atoms with Gasteiger partial charge in [0, 0.05) is 25.1 Å². The molecule has 0 saturated heterocycles. The number of hydrogen-bond donors (Lipinski definition) is 2. The standard InChI is InChI=1S/C15H21NO/c17-10-12-5-3-7-15(12)16-9-13-8-11-4-1-2-6-14(11)13/h1-2,4,6,12-13,15-17H,3,5,7-10H2. The molecule has 2 aliphatic carbocycles. The van der Waals surface area contributed by atoms with E-state index < -0.39 is 0 Å². The van der Waals surface area contributed by atoms with Crippen LogP contribution in [0.15, 0.2) is 24.3 Å². The molecule has 0 amide bonds. The fourth-order valence-corrected chi connectivity index (χ4v) is 3.36. The van der Waals surface area contributed by atoms with Gasteiger partial charge in [0.2, 0.25) is 0 Å². The van der Waals surface area contributed by atoms with Gasteiger partial charge in [0.1, 0.15) is 0 Å². The average molecular weight is 231 g/mol. The Hall–Kier alpha value is -0.860. The van der Waals surface area contributed by atoms with Crippen molar-refractivity contribution in [1.82, 2.24) is 5.32 Å². The minimum Gasteiger partial charge on any atom is -0.396 e. The Kier molecular flexibility index (Phi) is 3.17. The van der Waals surface area contributed by atoms with Gasteiger partial charge in [-0.15, -0.1) is 0 Å². The molecule has 1 aromatic rings. The van der Waals surface area contributed by atoms with Gasteiger partial charge < -0.3 is 10.4 Å². The molecule has 0 bridgehead atoms. The predicted octanol–water partition coefficient (Wildman–Crippen LogP) is 2.08. The van der Waals surface area contributed by atoms with Crippen molar-refractivity contribution in [3.8, 4) is 0 Å². The van der Waals surface area contributed by atoms with Crippen LogP contribution in [-0.2, 0) is 6.42 Å². The van der Waals surface area contributed by atoms with Gasteiger partial charge in [-0.1, -0.05) is 30.7 Å². The van der Waals surface area contributed by atoms with Gasteiger partial charge in [-0.2, -0.15) is 0 Å². The molecule has 0 aromatic heterocycles. The van der Waals surface area contributed by atoms with Crippen LogP contribution < -0.4 is 5.32 Å². The van der Waals surface area contributed by atoms with Crippen LogP contribution in [0.25, 0.3) is 0 Å². The molecule has 0 spiro atoms. The van der Waals surface area contributed by atoms with Crippen molar-refractivity contribution < 1.29 is 5.11 Å². The lowest BCUT2D eigenvalue weighted by molar-refractivity contribution is 0.204. The Labute approximate surface area is 103 Å². The van der Waals surface area contributed by atoms with E-state index in [0.29, 0.717) is 24.5 Å². The van der Waals surface area contributed by atoms with Crippen LogP contribution in [0.2, 0.25) is 0 Å². The van der Waals surface area contributed by atoms with Gasteiger partial charge >= 0.3 is 0 Å². The molecule has 2 nitrogen and oxygen atoms in total. The molecule has 17 heavy (non-hydrogen) atoms. The molecular weight excluding hydrogens is 210 g/mol. The molecule has 3 rings (SSSR count). The number of rotatable bonds is 4. The van der Waals surface area contributed by atoms with Crippen molar-refractivity contribution >= 4 is 0 Å². The third-order valence-electron chi connectivity index (χ3n) is 4.48. The second kappa shape index (κ2) is 4.79. The van der Waals surface area contributed by atoms with E-state index in [9.17, 15) is 5.11 Å². The van der Waals surface area contributed by atoms with Gasteiger partial charge in [-0.3, -0.25) is 0 Å². The lowest BCUT2D eigenvalue weighted by atomic mass is 9.77. The van der Waals surface area contributed by atoms with Gasteiger partial charge in [0.25, 0.3) is 0 Å². The zero-order valence-electron chi connectivity index (χ0n) is 10.2. The number of aliphatic hydroxyl groups is 1. The van der Waals surface area contributed by atoms with E-state index in [1.54, 1.807) is 0 Å². The lowest BCUT2D eigenvalue weighted by Crippen LogP contribution is -2.39. The topological polar surface area (TPSA) is 32.3 Å². The highest BCUT2D eigenvalue weighted by Gasteiger charge is 2.29. The highest BCUT2D eigenvalue weighted by Crippen LogP contribution is 2.35. The number of benzene rings is 1. The SMILES string of the molecule is OCC1CCCC1NCC1Cc2ccccc21. The van der Waals surface area contributed by atoms with E-state index in [1.807, 2.05) is 0 Å². The third-order valence-corrected chi connectivity index (χ3v) is 4.48. The van der Waals surface area contributed by atoms with Crippen LogP contribution in [0.4, 0.5) is 0 Å². The van der Waals surface area contributed by atoms with Crippen molar-refractivity contribution in [1.29, 1.82) is 0 Å². The maximum atomic E-state index is 9.29. The summed E-state index contributed by atoms with van der Waals surface area (Å²) in [5, 5.41) is 13.0. The van der Waals surface area contributed by atoms with E-state index in [2.05, 4.69) is 29.6 Å². The summed E-state index contributed by atoms with van der Waals surface area (Å²) in [5.74, 6) is 1.19. The highest BCUT2D eigenvalue weighted by atomic mass is 16.3. The Morgan fingerprint density at radius 1 is 1.24 bits per heavy atom. The van der Waals surface area contributed by atoms with Crippen molar-refractivity contribution in [2.24, 2.45) is 5.92 Å². The van der Waals surface area contributed by atoms with Crippen molar-refractivity contribution in [3.63, 3.8) is 0 Å². The fourth-order valence-electron chi connectivity index (χ4n) is 3.36. The third kappa shape index (κ3) is 2.12. The zero-order valence-corrected chi connectivity index (χ0v) is 10.2. The van der Waals surface area contributed by atoms with Gasteiger partial charge in [-0.25, -0.2) is 0 Å². The molecule has 0 radical (unpaired) electrons. The molecule has 0 aliphatic heterocycles. The molecule has 0 heterocycles. The van der Waals surface area contributed by atoms with Crippen LogP contribution in [0, 0.1) is 5.92 Å². The minimum atomic E-state index is 0.346. The first-order valence-corrected chi connectivity index (χ1v) is 6.80. The molecular formula is C15H21NO. The second-order valence-corrected chi connectivity index (χ2v) is 5.49. The van der Waals surface area contributed by atoms with Crippen LogP contribution in [-0.4, -0.2) is 24.3 Å². The Bertz CT molecular complexity index is 390. The summed E-state index contributed by atoms with van der Waals surface area (Å²) in [6, 6.07) is 9.30. The Morgan fingerprint density at radius 2 is 2.12 bits per heavy atom. The lowest BCUT2D eigenvalue weighted by Gasteiger charge is -2.32. The first-order valence-electron chi connectivity index (χ1n) is 6.80. The zero-order chi connectivity index (χ0) is 11.7. The molecule has 1 saturated carbocycles. The van der Waals surface area contributed by atoms with Crippen molar-refractivity contribution in [3.05, 3.63) is 35.4 Å². The Balaban J connectivity index is 1.53. The van der Waals surface area contributed by atoms with E-state index in [-0.39, 0.29) is 0 Å². The fraction of sp³-hybridized carbons (Fsp3) is 0.600. The molecule has 2 heteroatoms. The van der Waals surface area contributed by atoms with Gasteiger partial charge in [-0.05, 0) is 36.3 Å². The summed E-state index contributed by atoms with van der Waals surface area (Å²) in [7, 11) is 0.